The zero-order valence-electron chi connectivity index (χ0n) is 10.4. The predicted molar refractivity (Wildman–Crippen MR) is 69.6 cm³/mol. The van der Waals surface area contributed by atoms with Crippen LogP contribution in [0.1, 0.15) is 6.42 Å². The summed E-state index contributed by atoms with van der Waals surface area (Å²) in [5.41, 5.74) is 7.75. The molecule has 4 heteroatoms. The summed E-state index contributed by atoms with van der Waals surface area (Å²) in [5, 5.41) is 0. The number of anilines is 2. The lowest BCUT2D eigenvalue weighted by molar-refractivity contribution is 0.259. The molecule has 0 spiro atoms. The molecule has 2 heterocycles. The molecule has 3 rings (SSSR count). The molecule has 1 saturated heterocycles. The van der Waals surface area contributed by atoms with Gasteiger partial charge in [-0.15, -0.1) is 0 Å². The summed E-state index contributed by atoms with van der Waals surface area (Å²) >= 11 is 0. The van der Waals surface area contributed by atoms with Crippen molar-refractivity contribution in [2.24, 2.45) is 0 Å². The highest BCUT2D eigenvalue weighted by Crippen LogP contribution is 2.39. The number of nitrogens with two attached hydrogens (primary N) is 1. The normalized spacial score (nSPS) is 26.6. The Morgan fingerprint density at radius 3 is 3.00 bits per heavy atom. The molecule has 2 aliphatic rings. The molecule has 1 aromatic rings. The molecule has 0 amide bonds. The van der Waals surface area contributed by atoms with Gasteiger partial charge >= 0.3 is 0 Å². The quantitative estimate of drug-likeness (QED) is 0.739. The van der Waals surface area contributed by atoms with Crippen LogP contribution in [0.2, 0.25) is 0 Å². The van der Waals surface area contributed by atoms with Crippen LogP contribution in [0.3, 0.4) is 0 Å². The molecular formula is C13H19N3O. The van der Waals surface area contributed by atoms with Crippen molar-refractivity contribution in [3.63, 3.8) is 0 Å². The van der Waals surface area contributed by atoms with E-state index in [1.165, 1.54) is 12.1 Å². The summed E-state index contributed by atoms with van der Waals surface area (Å²) in [6.07, 6.45) is 1.18. The maximum Gasteiger partial charge on any atom is 0.144 e. The highest BCUT2D eigenvalue weighted by atomic mass is 16.5. The minimum absolute atomic E-state index is 0.513. The SMILES string of the molecule is CN(C)[C@@H]1C[C@H]2COc3cc(N)ccc3N2C1. The summed E-state index contributed by atoms with van der Waals surface area (Å²) in [7, 11) is 4.29. The zero-order valence-corrected chi connectivity index (χ0v) is 10.4. The van der Waals surface area contributed by atoms with Crippen LogP contribution in [0.4, 0.5) is 11.4 Å². The first-order valence-electron chi connectivity index (χ1n) is 6.10. The van der Waals surface area contributed by atoms with Crippen molar-refractivity contribution >= 4 is 11.4 Å². The Labute approximate surface area is 102 Å². The van der Waals surface area contributed by atoms with E-state index in [1.807, 2.05) is 12.1 Å². The van der Waals surface area contributed by atoms with Crippen molar-refractivity contribution in [3.05, 3.63) is 18.2 Å². The van der Waals surface area contributed by atoms with Crippen molar-refractivity contribution in [2.75, 3.05) is 37.9 Å². The first-order chi connectivity index (χ1) is 8.15. The van der Waals surface area contributed by atoms with Gasteiger partial charge in [0.2, 0.25) is 0 Å². The van der Waals surface area contributed by atoms with E-state index in [-0.39, 0.29) is 0 Å². The lowest BCUT2D eigenvalue weighted by Crippen LogP contribution is -2.38. The number of nitrogens with zero attached hydrogens (tertiary/aromatic N) is 2. The standard InChI is InChI=1S/C13H19N3O/c1-15(2)10-6-11-8-17-13-5-9(14)3-4-12(13)16(11)7-10/h3-5,10-11H,6-8,14H2,1-2H3/t10-,11+/m1/s1. The van der Waals surface area contributed by atoms with Gasteiger partial charge in [-0.3, -0.25) is 0 Å². The van der Waals surface area contributed by atoms with Crippen LogP contribution in [0.25, 0.3) is 0 Å². The van der Waals surface area contributed by atoms with Gasteiger partial charge in [0.05, 0.1) is 11.7 Å². The number of nitrogen functional groups attached to an aromatic ring is 1. The number of benzene rings is 1. The Morgan fingerprint density at radius 2 is 2.24 bits per heavy atom. The van der Waals surface area contributed by atoms with Gasteiger partial charge in [0.1, 0.15) is 12.4 Å². The Hall–Kier alpha value is -1.42. The maximum atomic E-state index is 5.81. The van der Waals surface area contributed by atoms with Crippen molar-refractivity contribution in [2.45, 2.75) is 18.5 Å². The van der Waals surface area contributed by atoms with Crippen LogP contribution in [0.5, 0.6) is 5.75 Å². The van der Waals surface area contributed by atoms with E-state index in [1.54, 1.807) is 0 Å². The second-order valence-corrected chi connectivity index (χ2v) is 5.20. The third-order valence-corrected chi connectivity index (χ3v) is 3.85. The van der Waals surface area contributed by atoms with Crippen LogP contribution in [-0.4, -0.2) is 44.2 Å². The topological polar surface area (TPSA) is 41.7 Å². The monoisotopic (exact) mass is 233 g/mol. The second kappa shape index (κ2) is 3.81. The maximum absolute atomic E-state index is 5.81. The van der Waals surface area contributed by atoms with Crippen LogP contribution < -0.4 is 15.4 Å². The molecule has 0 unspecified atom stereocenters. The van der Waals surface area contributed by atoms with Crippen LogP contribution in [-0.2, 0) is 0 Å². The van der Waals surface area contributed by atoms with Crippen LogP contribution in [0.15, 0.2) is 18.2 Å². The Bertz CT molecular complexity index is 433. The molecule has 17 heavy (non-hydrogen) atoms. The van der Waals surface area contributed by atoms with E-state index in [4.69, 9.17) is 10.5 Å². The Morgan fingerprint density at radius 1 is 1.41 bits per heavy atom. The van der Waals surface area contributed by atoms with Gasteiger partial charge in [-0.25, -0.2) is 0 Å². The van der Waals surface area contributed by atoms with Gasteiger partial charge in [0.25, 0.3) is 0 Å². The fourth-order valence-electron chi connectivity index (χ4n) is 2.79. The third kappa shape index (κ3) is 1.72. The van der Waals surface area contributed by atoms with E-state index in [0.717, 1.165) is 24.6 Å². The highest BCUT2D eigenvalue weighted by molar-refractivity contribution is 5.66. The van der Waals surface area contributed by atoms with Gasteiger partial charge in [0, 0.05) is 24.3 Å². The van der Waals surface area contributed by atoms with E-state index >= 15 is 0 Å². The molecule has 0 radical (unpaired) electrons. The molecule has 0 saturated carbocycles. The minimum Gasteiger partial charge on any atom is -0.489 e. The summed E-state index contributed by atoms with van der Waals surface area (Å²) < 4.78 is 5.81. The number of fused-ring (bicyclic) bond motifs is 3. The largest absolute Gasteiger partial charge is 0.489 e. The molecule has 1 aromatic carbocycles. The molecule has 1 fully saturated rings. The smallest absolute Gasteiger partial charge is 0.144 e. The van der Waals surface area contributed by atoms with Gasteiger partial charge in [-0.2, -0.15) is 0 Å². The van der Waals surface area contributed by atoms with E-state index in [2.05, 4.69) is 30.0 Å². The molecule has 2 atom stereocenters. The van der Waals surface area contributed by atoms with Crippen LogP contribution in [0, 0.1) is 0 Å². The van der Waals surface area contributed by atoms with E-state index in [9.17, 15) is 0 Å². The lowest BCUT2D eigenvalue weighted by Gasteiger charge is -2.33. The number of hydrogen-bond acceptors (Lipinski definition) is 4. The minimum atomic E-state index is 0.513. The fraction of sp³-hybridized carbons (Fsp3) is 0.538. The van der Waals surface area contributed by atoms with Gasteiger partial charge in [-0.05, 0) is 32.6 Å². The second-order valence-electron chi connectivity index (χ2n) is 5.20. The Kier molecular flexibility index (Phi) is 2.40. The summed E-state index contributed by atoms with van der Waals surface area (Å²) in [6.45, 7) is 1.86. The lowest BCUT2D eigenvalue weighted by atomic mass is 10.1. The molecule has 0 aromatic heterocycles. The van der Waals surface area contributed by atoms with Crippen molar-refractivity contribution in [1.82, 2.24) is 4.90 Å². The third-order valence-electron chi connectivity index (χ3n) is 3.85. The molecule has 2 N–H and O–H groups in total. The molecule has 92 valence electrons. The fourth-order valence-corrected chi connectivity index (χ4v) is 2.79. The molecule has 0 aliphatic carbocycles. The van der Waals surface area contributed by atoms with Crippen molar-refractivity contribution < 1.29 is 4.74 Å². The van der Waals surface area contributed by atoms with Crippen molar-refractivity contribution in [1.29, 1.82) is 0 Å². The average molecular weight is 233 g/mol. The number of ether oxygens (including phenoxy) is 1. The van der Waals surface area contributed by atoms with Crippen molar-refractivity contribution in [3.8, 4) is 5.75 Å². The van der Waals surface area contributed by atoms with Gasteiger partial charge < -0.3 is 20.3 Å². The first-order valence-corrected chi connectivity index (χ1v) is 6.10. The summed E-state index contributed by atoms with van der Waals surface area (Å²) in [6, 6.07) is 7.09. The predicted octanol–water partition coefficient (Wildman–Crippen LogP) is 1.17. The molecule has 4 nitrogen and oxygen atoms in total. The first kappa shape index (κ1) is 10.7. The summed E-state index contributed by atoms with van der Waals surface area (Å²) in [4.78, 5) is 4.76. The number of likely N-dealkylation sites (N-methyl/N-ethyl adjacent to an activating group) is 1. The zero-order chi connectivity index (χ0) is 12.0. The Balaban J connectivity index is 1.91. The van der Waals surface area contributed by atoms with E-state index < -0.39 is 0 Å². The van der Waals surface area contributed by atoms with Gasteiger partial charge in [0.15, 0.2) is 0 Å². The number of hydrogen-bond donors (Lipinski definition) is 1. The van der Waals surface area contributed by atoms with Crippen LogP contribution >= 0.6 is 0 Å². The molecule has 0 bridgehead atoms. The molecular weight excluding hydrogens is 214 g/mol. The van der Waals surface area contributed by atoms with E-state index in [0.29, 0.717) is 12.1 Å². The number of rotatable bonds is 1. The van der Waals surface area contributed by atoms with Gasteiger partial charge in [-0.1, -0.05) is 0 Å². The highest BCUT2D eigenvalue weighted by Gasteiger charge is 2.37. The summed E-state index contributed by atoms with van der Waals surface area (Å²) in [5.74, 6) is 0.931. The molecule has 2 aliphatic heterocycles. The average Bonchev–Trinajstić information content (AvgIpc) is 2.72.